The van der Waals surface area contributed by atoms with Crippen LogP contribution in [0.25, 0.3) is 0 Å². The van der Waals surface area contributed by atoms with E-state index >= 15 is 0 Å². The number of nitrogens with one attached hydrogen (secondary N) is 1. The van der Waals surface area contributed by atoms with Gasteiger partial charge in [0, 0.05) is 6.08 Å². The van der Waals surface area contributed by atoms with Crippen molar-refractivity contribution in [3.63, 3.8) is 0 Å². The van der Waals surface area contributed by atoms with Gasteiger partial charge in [0.25, 0.3) is 5.70 Å². The molecule has 1 atom stereocenters. The van der Waals surface area contributed by atoms with Crippen molar-refractivity contribution in [2.45, 2.75) is 6.04 Å². The predicted molar refractivity (Wildman–Crippen MR) is 38.8 cm³/mol. The highest BCUT2D eigenvalue weighted by molar-refractivity contribution is 5.77. The van der Waals surface area contributed by atoms with Crippen LogP contribution in [0.4, 0.5) is 0 Å². The van der Waals surface area contributed by atoms with Crippen LogP contribution in [0, 0.1) is 10.1 Å². The number of hydrogen-bond donors (Lipinski definition) is 2. The van der Waals surface area contributed by atoms with E-state index in [1.54, 1.807) is 0 Å². The molecule has 1 rings (SSSR count). The average molecular weight is 170 g/mol. The molecular weight excluding hydrogens is 164 g/mol. The summed E-state index contributed by atoms with van der Waals surface area (Å²) in [5, 5.41) is 21.1. The molecular formula is C6H6N2O4. The molecule has 6 nitrogen and oxygen atoms in total. The Morgan fingerprint density at radius 3 is 2.83 bits per heavy atom. The Kier molecular flexibility index (Phi) is 2.09. The van der Waals surface area contributed by atoms with Gasteiger partial charge in [-0.1, -0.05) is 0 Å². The Labute approximate surface area is 67.3 Å². The smallest absolute Gasteiger partial charge is 0.337 e. The van der Waals surface area contributed by atoms with E-state index < -0.39 is 16.9 Å². The minimum absolute atomic E-state index is 0.356. The summed E-state index contributed by atoms with van der Waals surface area (Å²) in [7, 11) is 0. The van der Waals surface area contributed by atoms with Gasteiger partial charge in [0.1, 0.15) is 0 Å². The van der Waals surface area contributed by atoms with Crippen LogP contribution < -0.4 is 5.32 Å². The van der Waals surface area contributed by atoms with Gasteiger partial charge in [0.2, 0.25) is 6.04 Å². The summed E-state index contributed by atoms with van der Waals surface area (Å²) in [6.45, 7) is 0. The largest absolute Gasteiger partial charge is 0.479 e. The number of nitrogens with zero attached hydrogens (tertiary/aromatic N) is 1. The van der Waals surface area contributed by atoms with Crippen LogP contribution in [-0.2, 0) is 4.79 Å². The number of carbonyl (C=O) groups is 1. The first-order chi connectivity index (χ1) is 5.63. The van der Waals surface area contributed by atoms with Gasteiger partial charge in [0.15, 0.2) is 0 Å². The SMILES string of the molecule is O=C(O)C1NC=CC=C1[N+](=O)[O-]. The summed E-state index contributed by atoms with van der Waals surface area (Å²) in [4.78, 5) is 20.0. The van der Waals surface area contributed by atoms with Crippen LogP contribution in [0.15, 0.2) is 24.0 Å². The maximum atomic E-state index is 10.4. The van der Waals surface area contributed by atoms with Crippen molar-refractivity contribution in [3.8, 4) is 0 Å². The molecule has 1 aliphatic heterocycles. The fourth-order valence-electron chi connectivity index (χ4n) is 0.844. The molecule has 0 aromatic carbocycles. The first kappa shape index (κ1) is 8.25. The second-order valence-electron chi connectivity index (χ2n) is 2.15. The normalized spacial score (nSPS) is 21.0. The van der Waals surface area contributed by atoms with Crippen molar-refractivity contribution in [1.29, 1.82) is 0 Å². The molecule has 0 bridgehead atoms. The molecule has 0 aliphatic carbocycles. The molecule has 2 N–H and O–H groups in total. The number of nitro groups is 1. The Bertz CT molecular complexity index is 281. The Morgan fingerprint density at radius 1 is 1.75 bits per heavy atom. The predicted octanol–water partition coefficient (Wildman–Crippen LogP) is -0.283. The third-order valence-corrected chi connectivity index (χ3v) is 1.38. The molecule has 1 unspecified atom stereocenters. The van der Waals surface area contributed by atoms with Gasteiger partial charge < -0.3 is 10.4 Å². The molecule has 0 aromatic heterocycles. The third kappa shape index (κ3) is 1.42. The lowest BCUT2D eigenvalue weighted by molar-refractivity contribution is -0.429. The topological polar surface area (TPSA) is 92.5 Å². The van der Waals surface area contributed by atoms with Gasteiger partial charge in [-0.2, -0.15) is 0 Å². The molecule has 0 aromatic rings. The summed E-state index contributed by atoms with van der Waals surface area (Å²) < 4.78 is 0. The molecule has 64 valence electrons. The molecule has 6 heteroatoms. The molecule has 0 saturated heterocycles. The van der Waals surface area contributed by atoms with Crippen LogP contribution in [0.5, 0.6) is 0 Å². The van der Waals surface area contributed by atoms with E-state index in [-0.39, 0.29) is 5.70 Å². The third-order valence-electron chi connectivity index (χ3n) is 1.38. The first-order valence-corrected chi connectivity index (χ1v) is 3.13. The second-order valence-corrected chi connectivity index (χ2v) is 2.15. The number of aliphatic carboxylic acids is 1. The summed E-state index contributed by atoms with van der Waals surface area (Å²) >= 11 is 0. The zero-order valence-corrected chi connectivity index (χ0v) is 5.93. The van der Waals surface area contributed by atoms with E-state index in [1.807, 2.05) is 0 Å². The van der Waals surface area contributed by atoms with Crippen LogP contribution in [0.1, 0.15) is 0 Å². The van der Waals surface area contributed by atoms with Gasteiger partial charge >= 0.3 is 5.97 Å². The van der Waals surface area contributed by atoms with E-state index in [0.29, 0.717) is 0 Å². The van der Waals surface area contributed by atoms with Crippen molar-refractivity contribution in [2.24, 2.45) is 0 Å². The standard InChI is InChI=1S/C6H6N2O4/c9-6(10)5-4(8(11)12)2-1-3-7-5/h1-3,5,7H,(H,9,10). The van der Waals surface area contributed by atoms with E-state index in [0.717, 1.165) is 6.08 Å². The van der Waals surface area contributed by atoms with Gasteiger partial charge in [-0.25, -0.2) is 4.79 Å². The van der Waals surface area contributed by atoms with Crippen molar-refractivity contribution in [3.05, 3.63) is 34.2 Å². The van der Waals surface area contributed by atoms with Crippen molar-refractivity contribution in [2.75, 3.05) is 0 Å². The number of carboxylic acid groups (broad SMARTS) is 1. The van der Waals surface area contributed by atoms with Gasteiger partial charge in [-0.3, -0.25) is 10.1 Å². The van der Waals surface area contributed by atoms with Gasteiger partial charge in [-0.15, -0.1) is 0 Å². The molecule has 0 amide bonds. The number of rotatable bonds is 2. The molecule has 0 radical (unpaired) electrons. The van der Waals surface area contributed by atoms with E-state index in [1.165, 1.54) is 12.3 Å². The first-order valence-electron chi connectivity index (χ1n) is 3.13. The summed E-state index contributed by atoms with van der Waals surface area (Å²) in [5.74, 6) is -1.26. The lowest BCUT2D eigenvalue weighted by Gasteiger charge is -2.11. The quantitative estimate of drug-likeness (QED) is 0.439. The Morgan fingerprint density at radius 2 is 2.42 bits per heavy atom. The number of dihydropyridines is 1. The maximum absolute atomic E-state index is 10.4. The average Bonchev–Trinajstić information content (AvgIpc) is 2.04. The number of carboxylic acids is 1. The maximum Gasteiger partial charge on any atom is 0.337 e. The van der Waals surface area contributed by atoms with Crippen LogP contribution in [0.3, 0.4) is 0 Å². The molecule has 0 fully saturated rings. The van der Waals surface area contributed by atoms with Crippen LogP contribution >= 0.6 is 0 Å². The molecule has 12 heavy (non-hydrogen) atoms. The Hall–Kier alpha value is -1.85. The van der Waals surface area contributed by atoms with Crippen LogP contribution in [0.2, 0.25) is 0 Å². The minimum atomic E-state index is -1.26. The van der Waals surface area contributed by atoms with Gasteiger partial charge in [0.05, 0.1) is 4.92 Å². The zero-order chi connectivity index (χ0) is 9.14. The fraction of sp³-hybridized carbons (Fsp3) is 0.167. The monoisotopic (exact) mass is 170 g/mol. The van der Waals surface area contributed by atoms with Crippen molar-refractivity contribution < 1.29 is 14.8 Å². The van der Waals surface area contributed by atoms with Gasteiger partial charge in [-0.05, 0) is 12.3 Å². The zero-order valence-electron chi connectivity index (χ0n) is 5.93. The highest BCUT2D eigenvalue weighted by Crippen LogP contribution is 2.07. The molecule has 0 spiro atoms. The van der Waals surface area contributed by atoms with E-state index in [4.69, 9.17) is 5.11 Å². The lowest BCUT2D eigenvalue weighted by atomic mass is 10.1. The summed E-state index contributed by atoms with van der Waals surface area (Å²) in [5.41, 5.74) is -0.356. The minimum Gasteiger partial charge on any atom is -0.479 e. The fourth-order valence-corrected chi connectivity index (χ4v) is 0.844. The summed E-state index contributed by atoms with van der Waals surface area (Å²) in [6, 6.07) is -1.25. The molecule has 1 heterocycles. The highest BCUT2D eigenvalue weighted by Gasteiger charge is 2.31. The lowest BCUT2D eigenvalue weighted by Crippen LogP contribution is -2.38. The Balaban J connectivity index is 2.91. The highest BCUT2D eigenvalue weighted by atomic mass is 16.6. The second kappa shape index (κ2) is 3.04. The number of hydrogen-bond acceptors (Lipinski definition) is 4. The van der Waals surface area contributed by atoms with E-state index in [2.05, 4.69) is 5.32 Å². The van der Waals surface area contributed by atoms with Crippen LogP contribution in [-0.4, -0.2) is 22.0 Å². The van der Waals surface area contributed by atoms with E-state index in [9.17, 15) is 14.9 Å². The molecule has 0 saturated carbocycles. The molecule has 1 aliphatic rings. The van der Waals surface area contributed by atoms with Crippen molar-refractivity contribution in [1.82, 2.24) is 5.32 Å². The van der Waals surface area contributed by atoms with Crippen molar-refractivity contribution >= 4 is 5.97 Å². The summed E-state index contributed by atoms with van der Waals surface area (Å²) in [6.07, 6.45) is 3.90. The number of allylic oxidation sites excluding steroid dienone is 2.